The number of nitriles is 1. The molecule has 15 heteroatoms. The van der Waals surface area contributed by atoms with Crippen LogP contribution in [0.25, 0.3) is 0 Å². The number of amides is 1. The molecule has 1 amide bonds. The molecule has 0 aliphatic carbocycles. The van der Waals surface area contributed by atoms with Gasteiger partial charge in [0.15, 0.2) is 23.0 Å². The van der Waals surface area contributed by atoms with Crippen molar-refractivity contribution in [2.24, 2.45) is 5.92 Å². The summed E-state index contributed by atoms with van der Waals surface area (Å²) in [6, 6.07) is 1.42. The number of nitrogens with zero attached hydrogens (tertiary/aromatic N) is 3. The number of ether oxygens (including phenoxy) is 4. The fourth-order valence-corrected chi connectivity index (χ4v) is 8.17. The zero-order valence-corrected chi connectivity index (χ0v) is 27.9. The van der Waals surface area contributed by atoms with E-state index in [1.807, 2.05) is 24.9 Å². The maximum absolute atomic E-state index is 13.2. The van der Waals surface area contributed by atoms with Gasteiger partial charge in [-0.05, 0) is 44.9 Å². The van der Waals surface area contributed by atoms with Crippen molar-refractivity contribution >= 4 is 17.7 Å². The molecule has 0 spiro atoms. The molecule has 4 aliphatic rings. The molecule has 6 atom stereocenters. The highest BCUT2D eigenvalue weighted by Gasteiger charge is 2.57. The Bertz CT molecular complexity index is 1790. The summed E-state index contributed by atoms with van der Waals surface area (Å²) >= 11 is 0. The molecule has 12 nitrogen and oxygen atoms in total. The highest BCUT2D eigenvalue weighted by atomic mass is 19.4. The van der Waals surface area contributed by atoms with E-state index < -0.39 is 60.3 Å². The molecule has 4 aliphatic heterocycles. The number of hydrogen-bond acceptors (Lipinski definition) is 11. The summed E-state index contributed by atoms with van der Waals surface area (Å²) in [6.07, 6.45) is -5.47. The average molecular weight is 687 g/mol. The third kappa shape index (κ3) is 5.51. The first-order valence-corrected chi connectivity index (χ1v) is 15.9. The zero-order valence-electron chi connectivity index (χ0n) is 27.9. The fourth-order valence-electron chi connectivity index (χ4n) is 8.17. The van der Waals surface area contributed by atoms with Crippen LogP contribution in [0, 0.1) is 31.1 Å². The van der Waals surface area contributed by atoms with Crippen LogP contribution in [0.1, 0.15) is 65.7 Å². The predicted molar refractivity (Wildman–Crippen MR) is 165 cm³/mol. The number of aryl methyl sites for hydroxylation is 1. The Kier molecular flexibility index (Phi) is 8.69. The number of rotatable bonds is 7. The summed E-state index contributed by atoms with van der Waals surface area (Å²) in [4.78, 5) is 41.4. The van der Waals surface area contributed by atoms with E-state index in [-0.39, 0.29) is 37.3 Å². The number of carbonyl (C=O) groups is 3. The fraction of sp³-hybridized carbons (Fsp3) is 0.529. The molecule has 49 heavy (non-hydrogen) atoms. The average Bonchev–Trinajstić information content (AvgIpc) is 3.52. The number of nitrogens with one attached hydrogen (secondary N) is 1. The Morgan fingerprint density at radius 3 is 2.47 bits per heavy atom. The maximum atomic E-state index is 13.2. The number of methoxy groups -OCH3 is 1. The number of phenols is 1. The Morgan fingerprint density at radius 2 is 1.84 bits per heavy atom. The van der Waals surface area contributed by atoms with Gasteiger partial charge in [-0.15, -0.1) is 0 Å². The van der Waals surface area contributed by atoms with Crippen LogP contribution < -0.4 is 24.3 Å². The predicted octanol–water partition coefficient (Wildman–Crippen LogP) is 3.72. The van der Waals surface area contributed by atoms with Gasteiger partial charge in [-0.3, -0.25) is 24.2 Å². The van der Waals surface area contributed by atoms with Crippen LogP contribution in [0.15, 0.2) is 6.07 Å². The summed E-state index contributed by atoms with van der Waals surface area (Å²) in [5, 5.41) is 25.1. The smallest absolute Gasteiger partial charge is 0.449 e. The number of benzene rings is 2. The van der Waals surface area contributed by atoms with Crippen LogP contribution in [0.2, 0.25) is 0 Å². The lowest BCUT2D eigenvalue weighted by molar-refractivity contribution is -0.172. The van der Waals surface area contributed by atoms with Crippen LogP contribution in [0.3, 0.4) is 0 Å². The Balaban J connectivity index is 1.52. The summed E-state index contributed by atoms with van der Waals surface area (Å²) in [6.45, 7) is 5.73. The van der Waals surface area contributed by atoms with Gasteiger partial charge < -0.3 is 29.4 Å². The number of likely N-dealkylation sites (N-methyl/N-ethyl adjacent to an activating group) is 1. The van der Waals surface area contributed by atoms with Crippen LogP contribution in [0.5, 0.6) is 28.7 Å². The number of phenolic OH excluding ortho intramolecular Hbond substituents is 1. The van der Waals surface area contributed by atoms with Gasteiger partial charge >= 0.3 is 12.1 Å². The van der Waals surface area contributed by atoms with E-state index in [0.717, 1.165) is 11.1 Å². The van der Waals surface area contributed by atoms with Crippen molar-refractivity contribution in [3.8, 4) is 34.8 Å². The molecule has 1 saturated heterocycles. The number of hydrogen-bond donors (Lipinski definition) is 2. The van der Waals surface area contributed by atoms with Crippen molar-refractivity contribution in [2.45, 2.75) is 83.3 Å². The Morgan fingerprint density at radius 1 is 1.14 bits per heavy atom. The highest BCUT2D eigenvalue weighted by Crippen LogP contribution is 2.58. The zero-order chi connectivity index (χ0) is 35.7. The molecular weight excluding hydrogens is 649 g/mol. The molecule has 2 N–H and O–H groups in total. The van der Waals surface area contributed by atoms with Gasteiger partial charge in [0.25, 0.3) is 0 Å². The Labute approximate surface area is 280 Å². The SMILES string of the molecule is COc1c(C)cc2c(c1O)[C@H]1C3Cc4c(OC(C)=O)c(C)c5c(c4[C@H](CNC(=O)[C@H](C)CC(=O)C(F)(F)F)N3[C@@H](C#N)[C@@H](C2)N1C)OCO5. The van der Waals surface area contributed by atoms with Crippen molar-refractivity contribution < 1.29 is 51.6 Å². The minimum Gasteiger partial charge on any atom is -0.504 e. The third-order valence-corrected chi connectivity index (χ3v) is 10.2. The van der Waals surface area contributed by atoms with Gasteiger partial charge in [-0.1, -0.05) is 13.0 Å². The minimum absolute atomic E-state index is 0.0240. The molecule has 0 aromatic heterocycles. The van der Waals surface area contributed by atoms with E-state index in [2.05, 4.69) is 16.3 Å². The van der Waals surface area contributed by atoms with E-state index in [1.54, 1.807) is 6.92 Å². The van der Waals surface area contributed by atoms with Crippen molar-refractivity contribution in [3.63, 3.8) is 0 Å². The van der Waals surface area contributed by atoms with E-state index in [1.165, 1.54) is 21.0 Å². The molecular formula is C34H37F3N4O8. The molecule has 2 bridgehead atoms. The lowest BCUT2D eigenvalue weighted by atomic mass is 9.71. The summed E-state index contributed by atoms with van der Waals surface area (Å²) in [5.74, 6) is -3.46. The minimum atomic E-state index is -5.08. The number of Topliss-reactive ketones (excluding diaryl/α,β-unsaturated/α-hetero) is 1. The molecule has 262 valence electrons. The Hall–Kier alpha value is -4.55. The number of carbonyl (C=O) groups excluding carboxylic acids is 3. The summed E-state index contributed by atoms with van der Waals surface area (Å²) in [5.41, 5.74) is 3.83. The number of esters is 1. The number of halogens is 3. The first-order valence-electron chi connectivity index (χ1n) is 15.9. The normalized spacial score (nSPS) is 24.5. The van der Waals surface area contributed by atoms with Crippen molar-refractivity contribution in [1.82, 2.24) is 15.1 Å². The molecule has 2 aromatic carbocycles. The molecule has 6 rings (SSSR count). The summed E-state index contributed by atoms with van der Waals surface area (Å²) < 4.78 is 62.2. The third-order valence-electron chi connectivity index (χ3n) is 10.2. The van der Waals surface area contributed by atoms with E-state index >= 15 is 0 Å². The van der Waals surface area contributed by atoms with Crippen molar-refractivity contribution in [1.29, 1.82) is 5.26 Å². The first-order chi connectivity index (χ1) is 23.1. The van der Waals surface area contributed by atoms with Gasteiger partial charge in [-0.25, -0.2) is 0 Å². The van der Waals surface area contributed by atoms with Gasteiger partial charge in [0.1, 0.15) is 11.8 Å². The van der Waals surface area contributed by atoms with Crippen LogP contribution in [-0.2, 0) is 27.2 Å². The second-order valence-electron chi connectivity index (χ2n) is 13.1. The second kappa shape index (κ2) is 12.4. The maximum Gasteiger partial charge on any atom is 0.449 e. The van der Waals surface area contributed by atoms with Gasteiger partial charge in [0.05, 0.1) is 25.3 Å². The molecule has 4 heterocycles. The lowest BCUT2D eigenvalue weighted by Gasteiger charge is -2.60. The quantitative estimate of drug-likeness (QED) is 0.324. The highest BCUT2D eigenvalue weighted by molar-refractivity contribution is 5.89. The van der Waals surface area contributed by atoms with Gasteiger partial charge in [0.2, 0.25) is 18.5 Å². The number of piperazine rings is 1. The summed E-state index contributed by atoms with van der Waals surface area (Å²) in [7, 11) is 3.35. The number of fused-ring (bicyclic) bond motifs is 9. The number of alkyl halides is 3. The largest absolute Gasteiger partial charge is 0.504 e. The van der Waals surface area contributed by atoms with E-state index in [0.29, 0.717) is 45.9 Å². The number of aromatic hydroxyl groups is 1. The molecule has 0 saturated carbocycles. The van der Waals surface area contributed by atoms with E-state index in [4.69, 9.17) is 18.9 Å². The molecule has 1 fully saturated rings. The number of ketones is 1. The standard InChI is InChI=1S/C34H37F3N4O8/c1-14-7-18-9-20-22(11-38)41-21(27(40(20)5)25(18)28(44)29(14)46-6)10-19-26(32-31(47-13-48-32)16(3)30(19)49-17(4)42)23(41)12-39-33(45)15(2)8-24(43)34(35,36)37/h7,15,20-23,27,44H,8-10,12-13H2,1-6H3,(H,39,45)/t15-,20-,21?,22+,23+,27-/m1/s1. The topological polar surface area (TPSA) is 151 Å². The molecule has 2 aromatic rings. The van der Waals surface area contributed by atoms with Gasteiger partial charge in [-0.2, -0.15) is 18.4 Å². The molecule has 1 unspecified atom stereocenters. The second-order valence-corrected chi connectivity index (χ2v) is 13.1. The van der Waals surface area contributed by atoms with E-state index in [9.17, 15) is 37.9 Å². The van der Waals surface area contributed by atoms with Crippen LogP contribution in [-0.4, -0.2) is 84.4 Å². The lowest BCUT2D eigenvalue weighted by Crippen LogP contribution is -2.68. The van der Waals surface area contributed by atoms with Crippen LogP contribution >= 0.6 is 0 Å². The van der Waals surface area contributed by atoms with Crippen molar-refractivity contribution in [3.05, 3.63) is 39.4 Å². The molecule has 0 radical (unpaired) electrons. The van der Waals surface area contributed by atoms with Crippen LogP contribution in [0.4, 0.5) is 13.2 Å². The first kappa shape index (κ1) is 34.3. The van der Waals surface area contributed by atoms with Gasteiger partial charge in [0, 0.05) is 60.1 Å². The monoisotopic (exact) mass is 686 g/mol. The van der Waals surface area contributed by atoms with Crippen molar-refractivity contribution in [2.75, 3.05) is 27.5 Å².